The molecule has 150 valence electrons. The lowest BCUT2D eigenvalue weighted by atomic mass is 9.88. The van der Waals surface area contributed by atoms with Gasteiger partial charge in [0.2, 0.25) is 0 Å². The highest BCUT2D eigenvalue weighted by Gasteiger charge is 2.24. The van der Waals surface area contributed by atoms with E-state index in [4.69, 9.17) is 5.73 Å². The van der Waals surface area contributed by atoms with Crippen LogP contribution < -0.4 is 5.73 Å². The maximum Gasteiger partial charge on any atom is 0.253 e. The molecule has 1 saturated heterocycles. The van der Waals surface area contributed by atoms with E-state index in [-0.39, 0.29) is 5.91 Å². The molecule has 3 nitrogen and oxygen atoms in total. The molecule has 1 fully saturated rings. The van der Waals surface area contributed by atoms with Crippen molar-refractivity contribution in [1.29, 1.82) is 0 Å². The molecule has 0 radical (unpaired) electrons. The molecular weight excluding hydrogens is 368 g/mol. The highest BCUT2D eigenvalue weighted by atomic mass is 16.2. The van der Waals surface area contributed by atoms with E-state index in [9.17, 15) is 4.79 Å². The van der Waals surface area contributed by atoms with Gasteiger partial charge in [0.05, 0.1) is 0 Å². The Morgan fingerprint density at radius 3 is 2.33 bits per heavy atom. The van der Waals surface area contributed by atoms with Gasteiger partial charge >= 0.3 is 0 Å². The first kappa shape index (κ1) is 19.9. The van der Waals surface area contributed by atoms with E-state index >= 15 is 0 Å². The van der Waals surface area contributed by atoms with Crippen molar-refractivity contribution in [3.8, 4) is 11.8 Å². The smallest absolute Gasteiger partial charge is 0.253 e. The van der Waals surface area contributed by atoms with Crippen molar-refractivity contribution in [2.24, 2.45) is 5.73 Å². The molecular formula is C27H26N2O. The van der Waals surface area contributed by atoms with Gasteiger partial charge in [-0.25, -0.2) is 0 Å². The molecule has 0 aromatic heterocycles. The molecule has 0 unspecified atom stereocenters. The molecule has 1 aliphatic rings. The number of hydrogen-bond acceptors (Lipinski definition) is 2. The van der Waals surface area contributed by atoms with E-state index in [1.807, 2.05) is 59.5 Å². The van der Waals surface area contributed by atoms with Crippen LogP contribution in [0.5, 0.6) is 0 Å². The highest BCUT2D eigenvalue weighted by Crippen LogP contribution is 2.29. The third kappa shape index (κ3) is 4.79. The Morgan fingerprint density at radius 2 is 1.57 bits per heavy atom. The van der Waals surface area contributed by atoms with Gasteiger partial charge < -0.3 is 10.6 Å². The van der Waals surface area contributed by atoms with Gasteiger partial charge in [0.15, 0.2) is 0 Å². The molecule has 4 rings (SSSR count). The minimum atomic E-state index is 0.0903. The third-order valence-corrected chi connectivity index (χ3v) is 5.67. The molecule has 3 heteroatoms. The Labute approximate surface area is 178 Å². The van der Waals surface area contributed by atoms with Gasteiger partial charge in [-0.05, 0) is 60.2 Å². The van der Waals surface area contributed by atoms with Crippen LogP contribution in [-0.2, 0) is 6.54 Å². The number of amides is 1. The van der Waals surface area contributed by atoms with Gasteiger partial charge in [0, 0.05) is 36.3 Å². The van der Waals surface area contributed by atoms with E-state index in [0.717, 1.165) is 37.1 Å². The van der Waals surface area contributed by atoms with E-state index in [2.05, 4.69) is 36.1 Å². The van der Waals surface area contributed by atoms with Gasteiger partial charge in [-0.1, -0.05) is 60.4 Å². The summed E-state index contributed by atoms with van der Waals surface area (Å²) in [6.45, 7) is 2.11. The summed E-state index contributed by atoms with van der Waals surface area (Å²) in [6, 6.07) is 26.0. The molecule has 0 spiro atoms. The summed E-state index contributed by atoms with van der Waals surface area (Å²) in [5, 5.41) is 0. The zero-order valence-electron chi connectivity index (χ0n) is 17.1. The van der Waals surface area contributed by atoms with Crippen LogP contribution in [0.4, 0.5) is 0 Å². The highest BCUT2D eigenvalue weighted by molar-refractivity contribution is 5.94. The largest absolute Gasteiger partial charge is 0.339 e. The second-order valence-electron chi connectivity index (χ2n) is 7.71. The van der Waals surface area contributed by atoms with Crippen molar-refractivity contribution in [2.45, 2.75) is 25.3 Å². The van der Waals surface area contributed by atoms with E-state index in [0.29, 0.717) is 18.0 Å². The second kappa shape index (κ2) is 9.43. The summed E-state index contributed by atoms with van der Waals surface area (Å²) in [5.41, 5.74) is 10.8. The van der Waals surface area contributed by atoms with Gasteiger partial charge in [0.25, 0.3) is 5.91 Å². The predicted molar refractivity (Wildman–Crippen MR) is 121 cm³/mol. The molecule has 0 saturated carbocycles. The third-order valence-electron chi connectivity index (χ3n) is 5.67. The quantitative estimate of drug-likeness (QED) is 0.662. The van der Waals surface area contributed by atoms with Gasteiger partial charge in [-0.15, -0.1) is 0 Å². The molecule has 2 N–H and O–H groups in total. The number of rotatable bonds is 3. The van der Waals surface area contributed by atoms with Gasteiger partial charge in [-0.3, -0.25) is 4.79 Å². The first-order chi connectivity index (χ1) is 14.7. The number of hydrogen-bond donors (Lipinski definition) is 1. The number of nitrogens with two attached hydrogens (primary N) is 1. The van der Waals surface area contributed by atoms with Crippen LogP contribution in [0, 0.1) is 11.8 Å². The molecule has 0 bridgehead atoms. The average molecular weight is 395 g/mol. The number of nitrogens with zero attached hydrogens (tertiary/aromatic N) is 1. The second-order valence-corrected chi connectivity index (χ2v) is 7.71. The molecule has 0 aliphatic carbocycles. The lowest BCUT2D eigenvalue weighted by Gasteiger charge is -2.32. The average Bonchev–Trinajstić information content (AvgIpc) is 2.83. The number of benzene rings is 3. The molecule has 30 heavy (non-hydrogen) atoms. The van der Waals surface area contributed by atoms with Crippen molar-refractivity contribution in [3.63, 3.8) is 0 Å². The normalized spacial score (nSPS) is 14.1. The molecule has 3 aromatic carbocycles. The van der Waals surface area contributed by atoms with Crippen molar-refractivity contribution in [3.05, 3.63) is 107 Å². The SMILES string of the molecule is NCc1cccc(C2CCN(C(=O)c3cccc(C#Cc4ccccc4)c3)CC2)c1. The fraction of sp³-hybridized carbons (Fsp3) is 0.222. The van der Waals surface area contributed by atoms with Crippen LogP contribution >= 0.6 is 0 Å². The minimum absolute atomic E-state index is 0.0903. The Balaban J connectivity index is 1.41. The van der Waals surface area contributed by atoms with Crippen molar-refractivity contribution in [1.82, 2.24) is 4.90 Å². The number of likely N-dealkylation sites (tertiary alicyclic amines) is 1. The van der Waals surface area contributed by atoms with E-state index in [1.165, 1.54) is 11.1 Å². The van der Waals surface area contributed by atoms with Crippen LogP contribution in [0.1, 0.15) is 51.4 Å². The Morgan fingerprint density at radius 1 is 0.867 bits per heavy atom. The summed E-state index contributed by atoms with van der Waals surface area (Å²) in [5.74, 6) is 6.90. The van der Waals surface area contributed by atoms with Gasteiger partial charge in [-0.2, -0.15) is 0 Å². The van der Waals surface area contributed by atoms with Crippen molar-refractivity contribution >= 4 is 5.91 Å². The summed E-state index contributed by atoms with van der Waals surface area (Å²) in [6.07, 6.45) is 1.96. The Bertz CT molecular complexity index is 1070. The molecule has 1 aliphatic heterocycles. The summed E-state index contributed by atoms with van der Waals surface area (Å²) in [7, 11) is 0. The Hall–Kier alpha value is -3.35. The summed E-state index contributed by atoms with van der Waals surface area (Å²) < 4.78 is 0. The minimum Gasteiger partial charge on any atom is -0.339 e. The monoisotopic (exact) mass is 394 g/mol. The van der Waals surface area contributed by atoms with Crippen LogP contribution in [-0.4, -0.2) is 23.9 Å². The maximum atomic E-state index is 13.0. The zero-order valence-corrected chi connectivity index (χ0v) is 17.1. The van der Waals surface area contributed by atoms with Crippen LogP contribution in [0.2, 0.25) is 0 Å². The molecule has 0 atom stereocenters. The predicted octanol–water partition coefficient (Wildman–Crippen LogP) is 4.56. The van der Waals surface area contributed by atoms with Crippen LogP contribution in [0.15, 0.2) is 78.9 Å². The Kier molecular flexibility index (Phi) is 6.27. The molecule has 1 heterocycles. The number of carbonyl (C=O) groups excluding carboxylic acids is 1. The summed E-state index contributed by atoms with van der Waals surface area (Å²) >= 11 is 0. The lowest BCUT2D eigenvalue weighted by Crippen LogP contribution is -2.37. The summed E-state index contributed by atoms with van der Waals surface area (Å²) in [4.78, 5) is 15.0. The number of piperidine rings is 1. The standard InChI is InChI=1S/C27H26N2O/c28-20-23-9-5-10-25(19-23)24-14-16-29(17-15-24)27(30)26-11-4-8-22(18-26)13-12-21-6-2-1-3-7-21/h1-11,18-19,24H,14-17,20,28H2. The first-order valence-electron chi connectivity index (χ1n) is 10.5. The van der Waals surface area contributed by atoms with Crippen LogP contribution in [0.25, 0.3) is 0 Å². The topological polar surface area (TPSA) is 46.3 Å². The fourth-order valence-corrected chi connectivity index (χ4v) is 3.97. The van der Waals surface area contributed by atoms with Crippen molar-refractivity contribution in [2.75, 3.05) is 13.1 Å². The van der Waals surface area contributed by atoms with Crippen molar-refractivity contribution < 1.29 is 4.79 Å². The van der Waals surface area contributed by atoms with Crippen LogP contribution in [0.3, 0.4) is 0 Å². The lowest BCUT2D eigenvalue weighted by molar-refractivity contribution is 0.0713. The van der Waals surface area contributed by atoms with Gasteiger partial charge in [0.1, 0.15) is 0 Å². The maximum absolute atomic E-state index is 13.0. The molecule has 1 amide bonds. The van der Waals surface area contributed by atoms with E-state index < -0.39 is 0 Å². The zero-order chi connectivity index (χ0) is 20.8. The first-order valence-corrected chi connectivity index (χ1v) is 10.5. The molecule has 3 aromatic rings. The van der Waals surface area contributed by atoms with E-state index in [1.54, 1.807) is 0 Å². The fourth-order valence-electron chi connectivity index (χ4n) is 3.97. The number of carbonyl (C=O) groups is 1.